The Balaban J connectivity index is 2.15. The van der Waals surface area contributed by atoms with Gasteiger partial charge in [-0.25, -0.2) is 0 Å². The summed E-state index contributed by atoms with van der Waals surface area (Å²) < 4.78 is 0. The summed E-state index contributed by atoms with van der Waals surface area (Å²) >= 11 is 0. The molecule has 0 radical (unpaired) electrons. The van der Waals surface area contributed by atoms with Crippen LogP contribution in [-0.4, -0.2) is 34.1 Å². The zero-order chi connectivity index (χ0) is 15.2. The minimum absolute atomic E-state index is 0.289. The van der Waals surface area contributed by atoms with E-state index in [1.807, 2.05) is 0 Å². The van der Waals surface area contributed by atoms with Crippen LogP contribution in [0, 0.1) is 0 Å². The molecule has 1 N–H and O–H groups in total. The van der Waals surface area contributed by atoms with Gasteiger partial charge in [0, 0.05) is 17.7 Å². The molecule has 110 valence electrons. The first kappa shape index (κ1) is 13.7. The van der Waals surface area contributed by atoms with Crippen molar-refractivity contribution >= 4 is 23.6 Å². The van der Waals surface area contributed by atoms with Gasteiger partial charge in [0.2, 0.25) is 0 Å². The fraction of sp³-hybridized carbons (Fsp3) is 0.467. The first-order valence-electron chi connectivity index (χ1n) is 7.11. The number of carbonyl (C=O) groups is 4. The number of amides is 4. The lowest BCUT2D eigenvalue weighted by atomic mass is 9.73. The van der Waals surface area contributed by atoms with Crippen molar-refractivity contribution in [3.05, 3.63) is 23.3 Å². The van der Waals surface area contributed by atoms with Crippen molar-refractivity contribution in [2.75, 3.05) is 0 Å². The molecule has 0 bridgehead atoms. The molecule has 0 aromatic heterocycles. The van der Waals surface area contributed by atoms with Crippen molar-refractivity contribution < 1.29 is 19.2 Å². The van der Waals surface area contributed by atoms with Gasteiger partial charge in [0.25, 0.3) is 23.6 Å². The molecule has 0 aromatic rings. The van der Waals surface area contributed by atoms with Gasteiger partial charge in [0.05, 0.1) is 11.1 Å². The van der Waals surface area contributed by atoms with E-state index in [4.69, 9.17) is 0 Å². The summed E-state index contributed by atoms with van der Waals surface area (Å²) in [6, 6.07) is 0. The smallest absolute Gasteiger partial charge is 0.256 e. The number of hydrogen-bond donors (Lipinski definition) is 1. The number of hydrogen-bond acceptors (Lipinski definition) is 4. The van der Waals surface area contributed by atoms with Gasteiger partial charge in [-0.1, -0.05) is 19.3 Å². The lowest BCUT2D eigenvalue weighted by Gasteiger charge is -2.43. The second-order valence-corrected chi connectivity index (χ2v) is 5.72. The Hall–Kier alpha value is -2.24. The Kier molecular flexibility index (Phi) is 3.04. The van der Waals surface area contributed by atoms with Crippen LogP contribution in [0.1, 0.15) is 39.0 Å². The summed E-state index contributed by atoms with van der Waals surface area (Å²) in [4.78, 5) is 49.4. The van der Waals surface area contributed by atoms with E-state index >= 15 is 0 Å². The van der Waals surface area contributed by atoms with Gasteiger partial charge in [0.15, 0.2) is 0 Å². The minimum atomic E-state index is -0.976. The average Bonchev–Trinajstić information content (AvgIpc) is 2.91. The molecule has 6 nitrogen and oxygen atoms in total. The Morgan fingerprint density at radius 2 is 1.52 bits per heavy atom. The zero-order valence-corrected chi connectivity index (χ0v) is 11.8. The van der Waals surface area contributed by atoms with Gasteiger partial charge < -0.3 is 0 Å². The molecular weight excluding hydrogens is 272 g/mol. The topological polar surface area (TPSA) is 83.6 Å². The van der Waals surface area contributed by atoms with Gasteiger partial charge in [-0.15, -0.1) is 0 Å². The molecule has 0 aromatic carbocycles. The lowest BCUT2D eigenvalue weighted by Crippen LogP contribution is -2.56. The highest BCUT2D eigenvalue weighted by atomic mass is 16.2. The number of imide groups is 2. The van der Waals surface area contributed by atoms with E-state index in [0.717, 1.165) is 19.3 Å². The second kappa shape index (κ2) is 4.65. The van der Waals surface area contributed by atoms with Crippen LogP contribution in [0.5, 0.6) is 0 Å². The van der Waals surface area contributed by atoms with E-state index in [9.17, 15) is 19.2 Å². The molecule has 4 amide bonds. The molecular formula is C15H16N2O4. The molecule has 1 saturated carbocycles. The van der Waals surface area contributed by atoms with Gasteiger partial charge in [-0.05, 0) is 19.8 Å². The number of nitrogens with zero attached hydrogens (tertiary/aromatic N) is 1. The van der Waals surface area contributed by atoms with Gasteiger partial charge in [-0.2, -0.15) is 0 Å². The molecule has 1 aliphatic carbocycles. The van der Waals surface area contributed by atoms with E-state index in [-0.39, 0.29) is 5.57 Å². The molecule has 3 rings (SSSR count). The molecule has 0 spiro atoms. The molecule has 2 heterocycles. The molecule has 0 atom stereocenters. The third-order valence-corrected chi connectivity index (χ3v) is 4.55. The number of nitrogens with one attached hydrogen (secondary N) is 1. The van der Waals surface area contributed by atoms with E-state index in [1.54, 1.807) is 6.92 Å². The molecule has 2 aliphatic heterocycles. The van der Waals surface area contributed by atoms with Crippen LogP contribution in [0.2, 0.25) is 0 Å². The van der Waals surface area contributed by atoms with Crippen LogP contribution < -0.4 is 5.32 Å². The van der Waals surface area contributed by atoms with E-state index in [0.29, 0.717) is 18.4 Å². The summed E-state index contributed by atoms with van der Waals surface area (Å²) in [5.74, 6) is -1.73. The fourth-order valence-electron chi connectivity index (χ4n) is 3.65. The predicted octanol–water partition coefficient (Wildman–Crippen LogP) is 0.587. The zero-order valence-electron chi connectivity index (χ0n) is 11.8. The van der Waals surface area contributed by atoms with Crippen molar-refractivity contribution in [1.29, 1.82) is 0 Å². The highest BCUT2D eigenvalue weighted by molar-refractivity contribution is 6.22. The molecule has 0 saturated heterocycles. The van der Waals surface area contributed by atoms with Crippen LogP contribution in [0.15, 0.2) is 23.3 Å². The fourth-order valence-corrected chi connectivity index (χ4v) is 3.65. The summed E-state index contributed by atoms with van der Waals surface area (Å²) in [7, 11) is 0. The molecule has 6 heteroatoms. The predicted molar refractivity (Wildman–Crippen MR) is 72.7 cm³/mol. The molecule has 21 heavy (non-hydrogen) atoms. The van der Waals surface area contributed by atoms with Gasteiger partial charge in [-0.3, -0.25) is 29.4 Å². The SMILES string of the molecule is CC1=C(C2(N3C(=O)C=CC3=O)CCCCC2)C(=O)NC1=O. The second-order valence-electron chi connectivity index (χ2n) is 5.72. The summed E-state index contributed by atoms with van der Waals surface area (Å²) in [5.41, 5.74) is -0.372. The number of carbonyl (C=O) groups excluding carboxylic acids is 4. The normalized spacial score (nSPS) is 25.1. The maximum absolute atomic E-state index is 12.2. The van der Waals surface area contributed by atoms with Gasteiger partial charge in [0.1, 0.15) is 0 Å². The first-order valence-corrected chi connectivity index (χ1v) is 7.11. The summed E-state index contributed by atoms with van der Waals surface area (Å²) in [6.07, 6.45) is 6.13. The van der Waals surface area contributed by atoms with Crippen LogP contribution in [0.4, 0.5) is 0 Å². The Labute approximate surface area is 121 Å². The van der Waals surface area contributed by atoms with E-state index in [2.05, 4.69) is 5.32 Å². The molecule has 3 aliphatic rings. The Morgan fingerprint density at radius 1 is 0.952 bits per heavy atom. The van der Waals surface area contributed by atoms with Crippen molar-refractivity contribution in [2.45, 2.75) is 44.6 Å². The van der Waals surface area contributed by atoms with Crippen molar-refractivity contribution in [2.24, 2.45) is 0 Å². The maximum Gasteiger partial charge on any atom is 0.256 e. The lowest BCUT2D eigenvalue weighted by molar-refractivity contribution is -0.144. The van der Waals surface area contributed by atoms with E-state index < -0.39 is 29.2 Å². The van der Waals surface area contributed by atoms with Crippen molar-refractivity contribution in [3.63, 3.8) is 0 Å². The average molecular weight is 288 g/mol. The van der Waals surface area contributed by atoms with Crippen molar-refractivity contribution in [1.82, 2.24) is 10.2 Å². The molecule has 1 fully saturated rings. The maximum atomic E-state index is 12.2. The monoisotopic (exact) mass is 288 g/mol. The Bertz CT molecular complexity index is 606. The third-order valence-electron chi connectivity index (χ3n) is 4.55. The van der Waals surface area contributed by atoms with Crippen molar-refractivity contribution in [3.8, 4) is 0 Å². The number of rotatable bonds is 2. The van der Waals surface area contributed by atoms with Crippen LogP contribution >= 0.6 is 0 Å². The van der Waals surface area contributed by atoms with Gasteiger partial charge >= 0.3 is 0 Å². The quantitative estimate of drug-likeness (QED) is 0.754. The first-order chi connectivity index (χ1) is 9.97. The van der Waals surface area contributed by atoms with Crippen LogP contribution in [0.3, 0.4) is 0 Å². The third kappa shape index (κ3) is 1.86. The van der Waals surface area contributed by atoms with E-state index in [1.165, 1.54) is 17.1 Å². The summed E-state index contributed by atoms with van der Waals surface area (Å²) in [5, 5.41) is 2.27. The highest BCUT2D eigenvalue weighted by Gasteiger charge is 2.52. The molecule has 0 unspecified atom stereocenters. The Morgan fingerprint density at radius 3 is 2.00 bits per heavy atom. The van der Waals surface area contributed by atoms with Crippen LogP contribution in [0.25, 0.3) is 0 Å². The summed E-state index contributed by atoms with van der Waals surface area (Å²) in [6.45, 7) is 1.57. The largest absolute Gasteiger partial charge is 0.289 e. The minimum Gasteiger partial charge on any atom is -0.289 e. The standard InChI is InChI=1S/C15H16N2O4/c1-9-12(14(21)16-13(9)20)15(7-3-2-4-8-15)17-10(18)5-6-11(17)19/h5-6H,2-4,7-8H2,1H3,(H,16,20,21). The van der Waals surface area contributed by atoms with Crippen LogP contribution in [-0.2, 0) is 19.2 Å². The highest BCUT2D eigenvalue weighted by Crippen LogP contribution is 2.43.